The first-order chi connectivity index (χ1) is 19.1. The molecule has 0 fully saturated rings. The van der Waals surface area contributed by atoms with Crippen molar-refractivity contribution in [2.24, 2.45) is 5.10 Å². The van der Waals surface area contributed by atoms with Crippen LogP contribution in [0.3, 0.4) is 0 Å². The minimum atomic E-state index is -0.208. The van der Waals surface area contributed by atoms with Crippen molar-refractivity contribution >= 4 is 38.5 Å². The summed E-state index contributed by atoms with van der Waals surface area (Å²) in [6.45, 7) is 0.601. The number of hydrogen-bond acceptors (Lipinski definition) is 4. The van der Waals surface area contributed by atoms with Gasteiger partial charge in [-0.15, -0.1) is 0 Å². The van der Waals surface area contributed by atoms with Crippen molar-refractivity contribution in [3.63, 3.8) is 0 Å². The van der Waals surface area contributed by atoms with E-state index in [2.05, 4.69) is 51.9 Å². The van der Waals surface area contributed by atoms with Crippen molar-refractivity contribution in [2.75, 3.05) is 0 Å². The zero-order valence-corrected chi connectivity index (χ0v) is 21.1. The Morgan fingerprint density at radius 1 is 0.821 bits per heavy atom. The smallest absolute Gasteiger partial charge is 0.123 e. The molecule has 0 saturated heterocycles. The van der Waals surface area contributed by atoms with Gasteiger partial charge in [0.2, 0.25) is 0 Å². The second-order valence-corrected chi connectivity index (χ2v) is 10.5. The quantitative estimate of drug-likeness (QED) is 0.275. The number of phenolic OH excluding ortho intramolecular Hbond substituents is 1. The van der Waals surface area contributed by atoms with Gasteiger partial charge in [-0.2, -0.15) is 5.10 Å². The number of aromatic nitrogens is 1. The zero-order chi connectivity index (χ0) is 26.1. The lowest BCUT2D eigenvalue weighted by Crippen LogP contribution is -2.21. The lowest BCUT2D eigenvalue weighted by Gasteiger charge is -2.20. The summed E-state index contributed by atoms with van der Waals surface area (Å²) in [7, 11) is 0. The molecule has 2 heterocycles. The first-order valence-corrected chi connectivity index (χ1v) is 13.3. The van der Waals surface area contributed by atoms with Crippen LogP contribution in [0.1, 0.15) is 29.0 Å². The molecule has 5 aromatic carbocycles. The molecule has 0 saturated carbocycles. The van der Waals surface area contributed by atoms with Crippen LogP contribution in [0.15, 0.2) is 90.2 Å². The molecule has 1 unspecified atom stereocenters. The Bertz CT molecular complexity index is 2210. The van der Waals surface area contributed by atoms with Gasteiger partial charge in [0.05, 0.1) is 17.4 Å². The SMILES string of the molecule is Oc1cc(=c2ccc3nccc4c3c2CNN=4)c2ccc3c4c(ccc3c2c1)CCC(c1ccc(F)cc1)C=4. The predicted molar refractivity (Wildman–Crippen MR) is 152 cm³/mol. The van der Waals surface area contributed by atoms with Gasteiger partial charge in [0.1, 0.15) is 11.6 Å². The van der Waals surface area contributed by atoms with Crippen LogP contribution in [-0.4, -0.2) is 10.1 Å². The number of pyridine rings is 1. The summed E-state index contributed by atoms with van der Waals surface area (Å²) in [5.41, 5.74) is 7.69. The molecule has 5 heteroatoms. The molecular weight excluding hydrogens is 485 g/mol. The summed E-state index contributed by atoms with van der Waals surface area (Å²) in [5.74, 6) is 0.273. The minimum absolute atomic E-state index is 0.208. The lowest BCUT2D eigenvalue weighted by molar-refractivity contribution is 0.476. The van der Waals surface area contributed by atoms with Crippen molar-refractivity contribution in [1.29, 1.82) is 0 Å². The molecule has 188 valence electrons. The minimum Gasteiger partial charge on any atom is -0.508 e. The molecule has 6 aromatic rings. The second kappa shape index (κ2) is 8.37. The molecule has 1 aromatic heterocycles. The molecule has 1 aliphatic carbocycles. The van der Waals surface area contributed by atoms with Crippen molar-refractivity contribution in [3.05, 3.63) is 129 Å². The van der Waals surface area contributed by atoms with Gasteiger partial charge < -0.3 is 10.5 Å². The van der Waals surface area contributed by atoms with E-state index in [-0.39, 0.29) is 17.5 Å². The summed E-state index contributed by atoms with van der Waals surface area (Å²) < 4.78 is 13.5. The number of phenols is 1. The van der Waals surface area contributed by atoms with Crippen molar-refractivity contribution in [2.45, 2.75) is 25.3 Å². The molecule has 8 rings (SSSR count). The van der Waals surface area contributed by atoms with E-state index in [4.69, 9.17) is 0 Å². The maximum atomic E-state index is 13.5. The number of nitrogens with zero attached hydrogens (tertiary/aromatic N) is 2. The van der Waals surface area contributed by atoms with E-state index < -0.39 is 0 Å². The van der Waals surface area contributed by atoms with Gasteiger partial charge in [-0.1, -0.05) is 48.5 Å². The molecular formula is C34H24FN3O. The number of aryl methyl sites for hydroxylation is 1. The van der Waals surface area contributed by atoms with Crippen LogP contribution < -0.4 is 16.0 Å². The van der Waals surface area contributed by atoms with E-state index in [1.165, 1.54) is 16.2 Å². The molecule has 4 nitrogen and oxygen atoms in total. The van der Waals surface area contributed by atoms with E-state index in [1.54, 1.807) is 18.3 Å². The molecule has 1 atom stereocenters. The van der Waals surface area contributed by atoms with Gasteiger partial charge in [-0.3, -0.25) is 4.98 Å². The van der Waals surface area contributed by atoms with Gasteiger partial charge in [0.15, 0.2) is 0 Å². The van der Waals surface area contributed by atoms with Crippen LogP contribution in [0.5, 0.6) is 5.75 Å². The zero-order valence-electron chi connectivity index (χ0n) is 21.1. The third kappa shape index (κ3) is 3.43. The third-order valence-electron chi connectivity index (χ3n) is 8.38. The first-order valence-electron chi connectivity index (χ1n) is 13.3. The molecule has 0 amide bonds. The van der Waals surface area contributed by atoms with Crippen LogP contribution >= 0.6 is 0 Å². The fourth-order valence-corrected chi connectivity index (χ4v) is 6.54. The largest absolute Gasteiger partial charge is 0.508 e. The normalized spacial score (nSPS) is 16.9. The summed E-state index contributed by atoms with van der Waals surface area (Å²) >= 11 is 0. The number of aromatic hydroxyl groups is 1. The Morgan fingerprint density at radius 3 is 2.56 bits per heavy atom. The number of fused-ring (bicyclic) bond motifs is 5. The Hall–Kier alpha value is -4.77. The highest BCUT2D eigenvalue weighted by Crippen LogP contribution is 2.32. The Labute approximate surface area is 223 Å². The predicted octanol–water partition coefficient (Wildman–Crippen LogP) is 5.82. The van der Waals surface area contributed by atoms with Crippen LogP contribution in [0.25, 0.3) is 38.5 Å². The third-order valence-corrected chi connectivity index (χ3v) is 8.38. The molecule has 1 aliphatic heterocycles. The van der Waals surface area contributed by atoms with Gasteiger partial charge in [0, 0.05) is 17.5 Å². The summed E-state index contributed by atoms with van der Waals surface area (Å²) in [6.07, 6.45) is 6.10. The first kappa shape index (κ1) is 22.2. The Balaban J connectivity index is 1.45. The van der Waals surface area contributed by atoms with E-state index in [1.807, 2.05) is 36.4 Å². The lowest BCUT2D eigenvalue weighted by atomic mass is 9.84. The van der Waals surface area contributed by atoms with Crippen LogP contribution in [0.4, 0.5) is 4.39 Å². The van der Waals surface area contributed by atoms with E-state index >= 15 is 0 Å². The average molecular weight is 510 g/mol. The highest BCUT2D eigenvalue weighted by atomic mass is 19.1. The summed E-state index contributed by atoms with van der Waals surface area (Å²) in [4.78, 5) is 4.55. The molecule has 0 spiro atoms. The maximum Gasteiger partial charge on any atom is 0.123 e. The number of halogens is 1. The van der Waals surface area contributed by atoms with Crippen LogP contribution in [-0.2, 0) is 13.0 Å². The van der Waals surface area contributed by atoms with Crippen LogP contribution in [0.2, 0.25) is 0 Å². The van der Waals surface area contributed by atoms with Gasteiger partial charge in [-0.25, -0.2) is 4.39 Å². The molecule has 0 radical (unpaired) electrons. The standard InChI is InChI=1S/C34H24FN3O/c35-22-6-3-19(4-7-22)21-2-1-20-5-8-25-24(28(20)15-21)9-10-26-29(25)16-23(39)17-30(26)27-11-12-32-34-31(27)18-37-38-33(34)13-14-36-32/h3-17,21,37,39H,1-2,18H2. The Morgan fingerprint density at radius 2 is 1.67 bits per heavy atom. The number of hydrogen-bond donors (Lipinski definition) is 2. The van der Waals surface area contributed by atoms with E-state index in [0.29, 0.717) is 6.54 Å². The molecule has 2 aliphatic rings. The highest BCUT2D eigenvalue weighted by molar-refractivity contribution is 6.08. The van der Waals surface area contributed by atoms with Crippen molar-refractivity contribution < 1.29 is 9.50 Å². The van der Waals surface area contributed by atoms with Gasteiger partial charge in [-0.05, 0) is 103 Å². The van der Waals surface area contributed by atoms with Crippen molar-refractivity contribution in [1.82, 2.24) is 10.4 Å². The summed E-state index contributed by atoms with van der Waals surface area (Å²) in [6, 6.07) is 25.5. The Kier molecular flexibility index (Phi) is 4.77. The van der Waals surface area contributed by atoms with E-state index in [9.17, 15) is 9.50 Å². The number of benzene rings is 5. The molecule has 39 heavy (non-hydrogen) atoms. The molecule has 2 N–H and O–H groups in total. The van der Waals surface area contributed by atoms with E-state index in [0.717, 1.165) is 66.8 Å². The fraction of sp³-hybridized carbons (Fsp3) is 0.118. The highest BCUT2D eigenvalue weighted by Gasteiger charge is 2.17. The number of nitrogens with one attached hydrogen (secondary N) is 1. The second-order valence-electron chi connectivity index (χ2n) is 10.5. The average Bonchev–Trinajstić information content (AvgIpc) is 2.97. The van der Waals surface area contributed by atoms with Gasteiger partial charge in [0.25, 0.3) is 0 Å². The van der Waals surface area contributed by atoms with Gasteiger partial charge >= 0.3 is 0 Å². The monoisotopic (exact) mass is 509 g/mol. The van der Waals surface area contributed by atoms with Crippen LogP contribution in [0, 0.1) is 16.3 Å². The topological polar surface area (TPSA) is 57.5 Å². The summed E-state index contributed by atoms with van der Waals surface area (Å²) in [5, 5.41) is 25.1. The fourth-order valence-electron chi connectivity index (χ4n) is 6.54. The number of rotatable bonds is 1. The van der Waals surface area contributed by atoms with Crippen molar-refractivity contribution in [3.8, 4) is 5.75 Å². The molecule has 0 bridgehead atoms. The maximum absolute atomic E-state index is 13.5.